The highest BCUT2D eigenvalue weighted by Crippen LogP contribution is 2.32. The maximum atomic E-state index is 12.9. The van der Waals surface area contributed by atoms with E-state index in [4.69, 9.17) is 16.7 Å². The fourth-order valence-electron chi connectivity index (χ4n) is 3.36. The Morgan fingerprint density at radius 3 is 2.50 bits per heavy atom. The molecule has 0 atom stereocenters. The summed E-state index contributed by atoms with van der Waals surface area (Å²) in [5, 5.41) is 5.41. The molecule has 26 heavy (non-hydrogen) atoms. The SMILES string of the molecule is CC(C)(C)n1nc2c(c1-n1cccc1)CN(C(=O)c1cccc(Cl)c1)C2. The van der Waals surface area contributed by atoms with Crippen LogP contribution in [0.2, 0.25) is 5.02 Å². The maximum absolute atomic E-state index is 12.9. The van der Waals surface area contributed by atoms with Crippen LogP contribution in [-0.2, 0) is 18.6 Å². The zero-order valence-electron chi connectivity index (χ0n) is 15.1. The summed E-state index contributed by atoms with van der Waals surface area (Å²) >= 11 is 6.04. The normalized spacial score (nSPS) is 13.9. The Morgan fingerprint density at radius 1 is 1.12 bits per heavy atom. The highest BCUT2D eigenvalue weighted by molar-refractivity contribution is 6.30. The molecule has 0 fully saturated rings. The molecule has 0 saturated carbocycles. The van der Waals surface area contributed by atoms with E-state index in [-0.39, 0.29) is 11.4 Å². The number of carbonyl (C=O) groups excluding carboxylic acids is 1. The van der Waals surface area contributed by atoms with Crippen LogP contribution < -0.4 is 0 Å². The molecule has 0 radical (unpaired) electrons. The number of fused-ring (bicyclic) bond motifs is 1. The van der Waals surface area contributed by atoms with Crippen LogP contribution in [-0.4, -0.2) is 25.2 Å². The minimum atomic E-state index is -0.147. The van der Waals surface area contributed by atoms with Gasteiger partial charge in [-0.2, -0.15) is 5.10 Å². The Hall–Kier alpha value is -2.53. The summed E-state index contributed by atoms with van der Waals surface area (Å²) in [6, 6.07) is 11.1. The van der Waals surface area contributed by atoms with Crippen LogP contribution in [0, 0.1) is 0 Å². The molecule has 1 aliphatic heterocycles. The number of nitrogens with zero attached hydrogens (tertiary/aromatic N) is 4. The van der Waals surface area contributed by atoms with Crippen molar-refractivity contribution in [2.24, 2.45) is 0 Å². The molecule has 1 amide bonds. The van der Waals surface area contributed by atoms with Crippen molar-refractivity contribution in [2.75, 3.05) is 0 Å². The van der Waals surface area contributed by atoms with Crippen LogP contribution in [0.1, 0.15) is 42.4 Å². The minimum absolute atomic E-state index is 0.0220. The summed E-state index contributed by atoms with van der Waals surface area (Å²) in [5.74, 6) is 1.00. The van der Waals surface area contributed by atoms with E-state index < -0.39 is 0 Å². The van der Waals surface area contributed by atoms with Gasteiger partial charge in [0.1, 0.15) is 5.82 Å². The van der Waals surface area contributed by atoms with Gasteiger partial charge in [0.15, 0.2) is 0 Å². The summed E-state index contributed by atoms with van der Waals surface area (Å²) in [6.45, 7) is 7.47. The number of carbonyl (C=O) groups is 1. The molecule has 0 aliphatic carbocycles. The molecule has 1 aliphatic rings. The number of benzene rings is 1. The number of halogens is 1. The van der Waals surface area contributed by atoms with E-state index in [0.717, 1.165) is 17.1 Å². The van der Waals surface area contributed by atoms with E-state index in [1.54, 1.807) is 24.3 Å². The lowest BCUT2D eigenvalue weighted by molar-refractivity contribution is 0.0748. The van der Waals surface area contributed by atoms with Crippen LogP contribution >= 0.6 is 11.6 Å². The molecule has 0 unspecified atom stereocenters. The van der Waals surface area contributed by atoms with Gasteiger partial charge in [-0.1, -0.05) is 17.7 Å². The van der Waals surface area contributed by atoms with Crippen molar-refractivity contribution in [1.29, 1.82) is 0 Å². The van der Waals surface area contributed by atoms with Crippen LogP contribution in [0.4, 0.5) is 0 Å². The van der Waals surface area contributed by atoms with Crippen LogP contribution in [0.25, 0.3) is 5.82 Å². The molecule has 5 nitrogen and oxygen atoms in total. The quantitative estimate of drug-likeness (QED) is 0.679. The Kier molecular flexibility index (Phi) is 3.92. The van der Waals surface area contributed by atoms with E-state index >= 15 is 0 Å². The van der Waals surface area contributed by atoms with Gasteiger partial charge in [-0.05, 0) is 51.1 Å². The Balaban J connectivity index is 1.71. The summed E-state index contributed by atoms with van der Waals surface area (Å²) < 4.78 is 4.13. The molecule has 0 N–H and O–H groups in total. The highest BCUT2D eigenvalue weighted by Gasteiger charge is 2.33. The summed E-state index contributed by atoms with van der Waals surface area (Å²) in [4.78, 5) is 14.7. The number of hydrogen-bond acceptors (Lipinski definition) is 2. The lowest BCUT2D eigenvalue weighted by Crippen LogP contribution is -2.29. The summed E-state index contributed by atoms with van der Waals surface area (Å²) in [7, 11) is 0. The minimum Gasteiger partial charge on any atom is -0.328 e. The third-order valence-corrected chi connectivity index (χ3v) is 4.81. The Labute approximate surface area is 157 Å². The molecule has 0 bridgehead atoms. The lowest BCUT2D eigenvalue weighted by Gasteiger charge is -2.24. The average Bonchev–Trinajstić information content (AvgIpc) is 3.28. The first-order valence-corrected chi connectivity index (χ1v) is 9.02. The predicted molar refractivity (Wildman–Crippen MR) is 102 cm³/mol. The molecule has 3 aromatic rings. The molecule has 4 rings (SSSR count). The molecule has 2 aromatic heterocycles. The molecular formula is C20H21ClN4O. The molecule has 1 aromatic carbocycles. The number of aromatic nitrogens is 3. The van der Waals surface area contributed by atoms with Gasteiger partial charge in [0.05, 0.1) is 24.3 Å². The fraction of sp³-hybridized carbons (Fsp3) is 0.300. The molecular weight excluding hydrogens is 348 g/mol. The predicted octanol–water partition coefficient (Wildman–Crippen LogP) is 4.24. The second-order valence-corrected chi connectivity index (χ2v) is 8.03. The van der Waals surface area contributed by atoms with Crippen molar-refractivity contribution >= 4 is 17.5 Å². The van der Waals surface area contributed by atoms with E-state index in [2.05, 4.69) is 30.0 Å². The standard InChI is InChI=1S/C20H21ClN4O/c1-20(2,3)25-18(23-9-4-5-10-23)16-12-24(13-17(16)22-25)19(26)14-7-6-8-15(21)11-14/h4-11H,12-13H2,1-3H3. The molecule has 3 heterocycles. The van der Waals surface area contributed by atoms with E-state index in [0.29, 0.717) is 23.7 Å². The number of amides is 1. The van der Waals surface area contributed by atoms with Gasteiger partial charge in [-0.25, -0.2) is 4.68 Å². The van der Waals surface area contributed by atoms with Crippen molar-refractivity contribution in [3.05, 3.63) is 70.6 Å². The first-order chi connectivity index (χ1) is 12.3. The summed E-state index contributed by atoms with van der Waals surface area (Å²) in [5.41, 5.74) is 2.52. The van der Waals surface area contributed by atoms with Gasteiger partial charge in [-0.3, -0.25) is 4.79 Å². The van der Waals surface area contributed by atoms with Crippen molar-refractivity contribution in [3.63, 3.8) is 0 Å². The van der Waals surface area contributed by atoms with Crippen molar-refractivity contribution in [1.82, 2.24) is 19.2 Å². The van der Waals surface area contributed by atoms with Crippen LogP contribution in [0.3, 0.4) is 0 Å². The van der Waals surface area contributed by atoms with Gasteiger partial charge in [-0.15, -0.1) is 0 Å². The summed E-state index contributed by atoms with van der Waals surface area (Å²) in [6.07, 6.45) is 4.03. The van der Waals surface area contributed by atoms with Crippen molar-refractivity contribution in [3.8, 4) is 5.82 Å². The smallest absolute Gasteiger partial charge is 0.254 e. The zero-order chi connectivity index (χ0) is 18.5. The average molecular weight is 369 g/mol. The topological polar surface area (TPSA) is 43.1 Å². The van der Waals surface area contributed by atoms with E-state index in [1.807, 2.05) is 29.4 Å². The molecule has 0 saturated heterocycles. The third kappa shape index (κ3) is 2.82. The number of rotatable bonds is 2. The van der Waals surface area contributed by atoms with Gasteiger partial charge in [0.2, 0.25) is 0 Å². The second kappa shape index (κ2) is 6.02. The fourth-order valence-corrected chi connectivity index (χ4v) is 3.55. The van der Waals surface area contributed by atoms with Crippen molar-refractivity contribution in [2.45, 2.75) is 39.4 Å². The largest absolute Gasteiger partial charge is 0.328 e. The molecule has 0 spiro atoms. The second-order valence-electron chi connectivity index (χ2n) is 7.59. The van der Waals surface area contributed by atoms with Gasteiger partial charge < -0.3 is 9.47 Å². The van der Waals surface area contributed by atoms with Crippen molar-refractivity contribution < 1.29 is 4.79 Å². The van der Waals surface area contributed by atoms with Gasteiger partial charge in [0.25, 0.3) is 5.91 Å². The highest BCUT2D eigenvalue weighted by atomic mass is 35.5. The molecule has 134 valence electrons. The Bertz CT molecular complexity index is 966. The van der Waals surface area contributed by atoms with Crippen LogP contribution in [0.15, 0.2) is 48.8 Å². The lowest BCUT2D eigenvalue weighted by atomic mass is 10.1. The Morgan fingerprint density at radius 2 is 1.85 bits per heavy atom. The first kappa shape index (κ1) is 16.9. The van der Waals surface area contributed by atoms with Gasteiger partial charge >= 0.3 is 0 Å². The third-order valence-electron chi connectivity index (χ3n) is 4.57. The van der Waals surface area contributed by atoms with Crippen LogP contribution in [0.5, 0.6) is 0 Å². The van der Waals surface area contributed by atoms with E-state index in [9.17, 15) is 4.79 Å². The molecule has 6 heteroatoms. The van der Waals surface area contributed by atoms with E-state index in [1.165, 1.54) is 0 Å². The first-order valence-electron chi connectivity index (χ1n) is 8.64. The number of hydrogen-bond donors (Lipinski definition) is 0. The zero-order valence-corrected chi connectivity index (χ0v) is 15.9. The van der Waals surface area contributed by atoms with Gasteiger partial charge in [0, 0.05) is 28.5 Å². The maximum Gasteiger partial charge on any atom is 0.254 e. The monoisotopic (exact) mass is 368 g/mol.